The predicted molar refractivity (Wildman–Crippen MR) is 82.2 cm³/mol. The van der Waals surface area contributed by atoms with Crippen LogP contribution in [0.15, 0.2) is 42.6 Å². The predicted octanol–water partition coefficient (Wildman–Crippen LogP) is 4.09. The fourth-order valence-electron chi connectivity index (χ4n) is 1.38. The molecule has 1 N–H and O–H groups in total. The van der Waals surface area contributed by atoms with Crippen LogP contribution in [0.2, 0.25) is 5.02 Å². The third-order valence-corrected chi connectivity index (χ3v) is 3.32. The lowest BCUT2D eigenvalue weighted by atomic mass is 10.2. The lowest BCUT2D eigenvalue weighted by molar-refractivity contribution is 0.155. The summed E-state index contributed by atoms with van der Waals surface area (Å²) in [6, 6.07) is 11.1. The van der Waals surface area contributed by atoms with Gasteiger partial charge in [-0.05, 0) is 34.2 Å². The molecule has 2 aromatic rings. The summed E-state index contributed by atoms with van der Waals surface area (Å²) < 4.78 is 5.75. The number of halogens is 2. The van der Waals surface area contributed by atoms with E-state index in [0.29, 0.717) is 14.4 Å². The molecule has 0 saturated heterocycles. The Kier molecular flexibility index (Phi) is 4.98. The summed E-state index contributed by atoms with van der Waals surface area (Å²) in [7, 11) is 0. The SMILES string of the molecule is O=C(Nc1cc(Cl)cnc1I)OCc1ccccc1. The molecule has 0 aliphatic carbocycles. The van der Waals surface area contributed by atoms with Crippen LogP contribution < -0.4 is 5.32 Å². The number of aromatic nitrogens is 1. The normalized spacial score (nSPS) is 10.0. The number of amides is 1. The molecule has 19 heavy (non-hydrogen) atoms. The van der Waals surface area contributed by atoms with Crippen molar-refractivity contribution in [2.24, 2.45) is 0 Å². The van der Waals surface area contributed by atoms with Crippen LogP contribution in [0.5, 0.6) is 0 Å². The summed E-state index contributed by atoms with van der Waals surface area (Å²) in [5, 5.41) is 3.06. The smallest absolute Gasteiger partial charge is 0.412 e. The highest BCUT2D eigenvalue weighted by Crippen LogP contribution is 2.20. The molecule has 1 aromatic carbocycles. The summed E-state index contributed by atoms with van der Waals surface area (Å²) >= 11 is 7.83. The highest BCUT2D eigenvalue weighted by molar-refractivity contribution is 14.1. The van der Waals surface area contributed by atoms with Gasteiger partial charge in [0.15, 0.2) is 0 Å². The van der Waals surface area contributed by atoms with Gasteiger partial charge >= 0.3 is 6.09 Å². The second-order valence-corrected chi connectivity index (χ2v) is 5.14. The average molecular weight is 389 g/mol. The van der Waals surface area contributed by atoms with Crippen LogP contribution in [-0.2, 0) is 11.3 Å². The minimum absolute atomic E-state index is 0.219. The number of anilines is 1. The molecule has 0 unspecified atom stereocenters. The molecule has 1 amide bonds. The molecule has 0 atom stereocenters. The van der Waals surface area contributed by atoms with Crippen molar-refractivity contribution in [3.05, 3.63) is 56.9 Å². The maximum atomic E-state index is 11.6. The molecule has 0 radical (unpaired) electrons. The molecule has 2 rings (SSSR count). The first-order chi connectivity index (χ1) is 9.15. The highest BCUT2D eigenvalue weighted by atomic mass is 127. The Labute approximate surface area is 129 Å². The first kappa shape index (κ1) is 14.1. The van der Waals surface area contributed by atoms with E-state index < -0.39 is 6.09 Å². The lowest BCUT2D eigenvalue weighted by Crippen LogP contribution is -2.14. The number of pyridine rings is 1. The molecule has 6 heteroatoms. The second kappa shape index (κ2) is 6.72. The van der Waals surface area contributed by atoms with Crippen molar-refractivity contribution in [2.75, 3.05) is 5.32 Å². The van der Waals surface area contributed by atoms with Crippen molar-refractivity contribution < 1.29 is 9.53 Å². The number of nitrogens with one attached hydrogen (secondary N) is 1. The highest BCUT2D eigenvalue weighted by Gasteiger charge is 2.08. The van der Waals surface area contributed by atoms with Gasteiger partial charge in [-0.25, -0.2) is 9.78 Å². The van der Waals surface area contributed by atoms with Gasteiger partial charge < -0.3 is 4.74 Å². The van der Waals surface area contributed by atoms with E-state index in [0.717, 1.165) is 5.56 Å². The van der Waals surface area contributed by atoms with Crippen LogP contribution in [0.1, 0.15) is 5.56 Å². The maximum Gasteiger partial charge on any atom is 0.412 e. The van der Waals surface area contributed by atoms with Crippen molar-refractivity contribution >= 4 is 46.0 Å². The van der Waals surface area contributed by atoms with Crippen molar-refractivity contribution in [3.8, 4) is 0 Å². The van der Waals surface area contributed by atoms with E-state index in [9.17, 15) is 4.79 Å². The number of carbonyl (C=O) groups excluding carboxylic acids is 1. The summed E-state index contributed by atoms with van der Waals surface area (Å²) in [5.74, 6) is 0. The quantitative estimate of drug-likeness (QED) is 0.636. The molecule has 0 aliphatic heterocycles. The number of ether oxygens (including phenoxy) is 1. The van der Waals surface area contributed by atoms with Crippen molar-refractivity contribution in [1.82, 2.24) is 4.98 Å². The van der Waals surface area contributed by atoms with E-state index in [1.165, 1.54) is 6.20 Å². The molecule has 4 nitrogen and oxygen atoms in total. The van der Waals surface area contributed by atoms with Crippen LogP contribution in [0.3, 0.4) is 0 Å². The largest absolute Gasteiger partial charge is 0.444 e. The Morgan fingerprint density at radius 1 is 1.37 bits per heavy atom. The maximum absolute atomic E-state index is 11.6. The Morgan fingerprint density at radius 3 is 2.84 bits per heavy atom. The van der Waals surface area contributed by atoms with Gasteiger partial charge in [0.05, 0.1) is 10.7 Å². The first-order valence-electron chi connectivity index (χ1n) is 5.44. The van der Waals surface area contributed by atoms with Crippen molar-refractivity contribution in [1.29, 1.82) is 0 Å². The zero-order valence-corrected chi connectivity index (χ0v) is 12.7. The fraction of sp³-hybridized carbons (Fsp3) is 0.0769. The number of nitrogens with zero attached hydrogens (tertiary/aromatic N) is 1. The minimum atomic E-state index is -0.536. The van der Waals surface area contributed by atoms with Gasteiger partial charge in [0, 0.05) is 6.20 Å². The van der Waals surface area contributed by atoms with Gasteiger partial charge in [0.25, 0.3) is 0 Å². The Bertz CT molecular complexity index is 578. The Hall–Kier alpha value is -1.34. The standard InChI is InChI=1S/C13H10ClIN2O2/c14-10-6-11(12(15)16-7-10)17-13(18)19-8-9-4-2-1-3-5-9/h1-7H,8H2,(H,17,18). The van der Waals surface area contributed by atoms with Crippen molar-refractivity contribution in [3.63, 3.8) is 0 Å². The third-order valence-electron chi connectivity index (χ3n) is 2.26. The molecular weight excluding hydrogens is 379 g/mol. The van der Waals surface area contributed by atoms with Gasteiger partial charge in [-0.2, -0.15) is 0 Å². The summed E-state index contributed by atoms with van der Waals surface area (Å²) in [5.41, 5.74) is 1.46. The Balaban J connectivity index is 1.93. The molecule has 0 saturated carbocycles. The zero-order chi connectivity index (χ0) is 13.7. The van der Waals surface area contributed by atoms with E-state index in [-0.39, 0.29) is 6.61 Å². The van der Waals surface area contributed by atoms with Crippen LogP contribution in [0.25, 0.3) is 0 Å². The Morgan fingerprint density at radius 2 is 2.11 bits per heavy atom. The van der Waals surface area contributed by atoms with E-state index in [1.54, 1.807) is 6.07 Å². The number of hydrogen-bond acceptors (Lipinski definition) is 3. The summed E-state index contributed by atoms with van der Waals surface area (Å²) in [6.07, 6.45) is 0.981. The topological polar surface area (TPSA) is 51.2 Å². The summed E-state index contributed by atoms with van der Waals surface area (Å²) in [4.78, 5) is 15.7. The van der Waals surface area contributed by atoms with Crippen molar-refractivity contribution in [2.45, 2.75) is 6.61 Å². The third kappa shape index (κ3) is 4.36. The van der Waals surface area contributed by atoms with E-state index in [2.05, 4.69) is 10.3 Å². The number of benzene rings is 1. The molecule has 1 heterocycles. The first-order valence-corrected chi connectivity index (χ1v) is 6.89. The molecular formula is C13H10ClIN2O2. The van der Waals surface area contributed by atoms with Gasteiger partial charge in [-0.1, -0.05) is 41.9 Å². The van der Waals surface area contributed by atoms with Gasteiger partial charge in [-0.3, -0.25) is 5.32 Å². The molecule has 0 spiro atoms. The van der Waals surface area contributed by atoms with E-state index in [4.69, 9.17) is 16.3 Å². The molecule has 0 bridgehead atoms. The van der Waals surface area contributed by atoms with E-state index >= 15 is 0 Å². The minimum Gasteiger partial charge on any atom is -0.444 e. The number of hydrogen-bond donors (Lipinski definition) is 1. The van der Waals surface area contributed by atoms with Gasteiger partial charge in [0.2, 0.25) is 0 Å². The van der Waals surface area contributed by atoms with Crippen LogP contribution in [-0.4, -0.2) is 11.1 Å². The second-order valence-electron chi connectivity index (χ2n) is 3.68. The zero-order valence-electron chi connectivity index (χ0n) is 9.77. The van der Waals surface area contributed by atoms with Crippen LogP contribution >= 0.6 is 34.2 Å². The number of rotatable bonds is 3. The van der Waals surface area contributed by atoms with Crippen LogP contribution in [0.4, 0.5) is 10.5 Å². The van der Waals surface area contributed by atoms with Gasteiger partial charge in [-0.15, -0.1) is 0 Å². The van der Waals surface area contributed by atoms with Gasteiger partial charge in [0.1, 0.15) is 10.3 Å². The number of carbonyl (C=O) groups is 1. The van der Waals surface area contributed by atoms with Crippen LogP contribution in [0, 0.1) is 3.70 Å². The monoisotopic (exact) mass is 388 g/mol. The average Bonchev–Trinajstić information content (AvgIpc) is 2.42. The summed E-state index contributed by atoms with van der Waals surface area (Å²) in [6.45, 7) is 0.219. The molecule has 1 aromatic heterocycles. The molecule has 98 valence electrons. The molecule has 0 aliphatic rings. The fourth-order valence-corrected chi connectivity index (χ4v) is 1.97. The van der Waals surface area contributed by atoms with E-state index in [1.807, 2.05) is 52.9 Å². The molecule has 0 fully saturated rings. The lowest BCUT2D eigenvalue weighted by Gasteiger charge is -2.08.